The minimum Gasteiger partial charge on any atom is -0.497 e. The first kappa shape index (κ1) is 17.4. The van der Waals surface area contributed by atoms with Crippen LogP contribution in [0.1, 0.15) is 51.0 Å². The minimum absolute atomic E-state index is 0.0418. The van der Waals surface area contributed by atoms with Crippen molar-refractivity contribution in [3.63, 3.8) is 0 Å². The van der Waals surface area contributed by atoms with Gasteiger partial charge in [-0.05, 0) is 80.4 Å². The van der Waals surface area contributed by atoms with Crippen LogP contribution in [0.2, 0.25) is 0 Å². The lowest BCUT2D eigenvalue weighted by atomic mass is 9.42. The molecule has 5 nitrogen and oxygen atoms in total. The summed E-state index contributed by atoms with van der Waals surface area (Å²) in [6.07, 6.45) is 6.12. The molecule has 4 bridgehead atoms. The quantitative estimate of drug-likeness (QED) is 0.849. The Morgan fingerprint density at radius 3 is 2.31 bits per heavy atom. The van der Waals surface area contributed by atoms with Gasteiger partial charge in [-0.15, -0.1) is 0 Å². The van der Waals surface area contributed by atoms with Crippen LogP contribution in [-0.4, -0.2) is 30.1 Å². The maximum atomic E-state index is 13.1. The number of benzene rings is 1. The van der Waals surface area contributed by atoms with Crippen molar-refractivity contribution in [2.24, 2.45) is 17.3 Å². The predicted octanol–water partition coefficient (Wildman–Crippen LogP) is 3.12. The fourth-order valence-corrected chi connectivity index (χ4v) is 6.22. The maximum Gasteiger partial charge on any atom is 0.325 e. The lowest BCUT2D eigenvalue weighted by Crippen LogP contribution is -2.60. The molecule has 5 heteroatoms. The zero-order valence-corrected chi connectivity index (χ0v) is 15.5. The maximum absolute atomic E-state index is 13.1. The normalized spacial score (nSPS) is 35.8. The van der Waals surface area contributed by atoms with Crippen molar-refractivity contribution in [2.75, 3.05) is 7.11 Å². The summed E-state index contributed by atoms with van der Waals surface area (Å²) in [5, 5.41) is 11.9. The van der Waals surface area contributed by atoms with Gasteiger partial charge in [-0.2, -0.15) is 0 Å². The molecule has 1 aromatic carbocycles. The Balaban J connectivity index is 1.64. The summed E-state index contributed by atoms with van der Waals surface area (Å²) in [6.45, 7) is 1.54. The molecule has 4 fully saturated rings. The van der Waals surface area contributed by atoms with Crippen LogP contribution in [0.25, 0.3) is 0 Å². The summed E-state index contributed by atoms with van der Waals surface area (Å²) in [5.41, 5.74) is 0.935. The van der Waals surface area contributed by atoms with Gasteiger partial charge in [0, 0.05) is 0 Å². The highest BCUT2D eigenvalue weighted by atomic mass is 16.5. The van der Waals surface area contributed by atoms with Gasteiger partial charge in [0.1, 0.15) is 11.8 Å². The van der Waals surface area contributed by atoms with Gasteiger partial charge in [0.2, 0.25) is 5.91 Å². The molecule has 0 aromatic heterocycles. The monoisotopic (exact) mass is 357 g/mol. The molecule has 0 heterocycles. The minimum atomic E-state index is -0.979. The van der Waals surface area contributed by atoms with Gasteiger partial charge in [-0.25, -0.2) is 0 Å². The number of carbonyl (C=O) groups excluding carboxylic acids is 1. The third-order valence-electron chi connectivity index (χ3n) is 6.96. The molecule has 5 rings (SSSR count). The molecule has 1 aromatic rings. The summed E-state index contributed by atoms with van der Waals surface area (Å²) in [5.74, 6) is 0.932. The van der Waals surface area contributed by atoms with E-state index in [0.717, 1.165) is 37.9 Å². The van der Waals surface area contributed by atoms with Gasteiger partial charge >= 0.3 is 5.97 Å². The van der Waals surface area contributed by atoms with Crippen LogP contribution in [0.3, 0.4) is 0 Å². The number of carbonyl (C=O) groups is 2. The second kappa shape index (κ2) is 6.00. The number of carboxylic acid groups (broad SMARTS) is 1. The van der Waals surface area contributed by atoms with E-state index in [1.807, 2.05) is 12.1 Å². The Kier molecular flexibility index (Phi) is 4.01. The molecule has 3 atom stereocenters. The van der Waals surface area contributed by atoms with Crippen LogP contribution < -0.4 is 10.1 Å². The van der Waals surface area contributed by atoms with E-state index in [1.165, 1.54) is 12.0 Å². The van der Waals surface area contributed by atoms with Crippen molar-refractivity contribution in [3.8, 4) is 5.75 Å². The second-order valence-corrected chi connectivity index (χ2v) is 8.78. The van der Waals surface area contributed by atoms with Crippen molar-refractivity contribution < 1.29 is 19.4 Å². The molecule has 4 saturated carbocycles. The Morgan fingerprint density at radius 2 is 1.77 bits per heavy atom. The van der Waals surface area contributed by atoms with Gasteiger partial charge < -0.3 is 15.2 Å². The number of methoxy groups -OCH3 is 1. The zero-order chi connectivity index (χ0) is 18.5. The van der Waals surface area contributed by atoms with Crippen LogP contribution >= 0.6 is 0 Å². The van der Waals surface area contributed by atoms with E-state index in [2.05, 4.69) is 17.4 Å². The summed E-state index contributed by atoms with van der Waals surface area (Å²) in [7, 11) is 1.67. The van der Waals surface area contributed by atoms with Gasteiger partial charge in [0.05, 0.1) is 12.5 Å². The molecule has 1 amide bonds. The number of amides is 1. The smallest absolute Gasteiger partial charge is 0.325 e. The lowest BCUT2D eigenvalue weighted by molar-refractivity contribution is -0.153. The summed E-state index contributed by atoms with van der Waals surface area (Å²) in [6, 6.07) is 7.47. The average molecular weight is 357 g/mol. The molecule has 0 radical (unpaired) electrons. The molecule has 0 spiro atoms. The Hall–Kier alpha value is -2.04. The highest BCUT2D eigenvalue weighted by molar-refractivity contribution is 5.87. The van der Waals surface area contributed by atoms with E-state index >= 15 is 0 Å². The lowest BCUT2D eigenvalue weighted by Gasteiger charge is -2.61. The largest absolute Gasteiger partial charge is 0.497 e. The Bertz CT molecular complexity index is 712. The molecule has 2 unspecified atom stereocenters. The van der Waals surface area contributed by atoms with Crippen LogP contribution in [0.15, 0.2) is 24.3 Å². The van der Waals surface area contributed by atoms with E-state index in [-0.39, 0.29) is 11.3 Å². The molecule has 4 aliphatic rings. The average Bonchev–Trinajstić information content (AvgIpc) is 2.60. The van der Waals surface area contributed by atoms with Crippen LogP contribution in [0, 0.1) is 17.3 Å². The fraction of sp³-hybridized carbons (Fsp3) is 0.619. The highest BCUT2D eigenvalue weighted by Gasteiger charge is 2.61. The molecule has 140 valence electrons. The van der Waals surface area contributed by atoms with E-state index in [9.17, 15) is 9.59 Å². The van der Waals surface area contributed by atoms with Gasteiger partial charge in [0.25, 0.3) is 0 Å². The first-order chi connectivity index (χ1) is 12.4. The number of nitrogens with one attached hydrogen (secondary N) is 1. The molecule has 26 heavy (non-hydrogen) atoms. The van der Waals surface area contributed by atoms with Crippen LogP contribution in [0.5, 0.6) is 5.75 Å². The van der Waals surface area contributed by atoms with Crippen LogP contribution in [-0.2, 0) is 15.0 Å². The third-order valence-corrected chi connectivity index (χ3v) is 6.96. The van der Waals surface area contributed by atoms with Crippen molar-refractivity contribution in [2.45, 2.75) is 56.9 Å². The highest BCUT2D eigenvalue weighted by Crippen LogP contribution is 2.65. The van der Waals surface area contributed by atoms with Crippen LogP contribution in [0.4, 0.5) is 0 Å². The van der Waals surface area contributed by atoms with Gasteiger partial charge in [-0.3, -0.25) is 9.59 Å². The summed E-state index contributed by atoms with van der Waals surface area (Å²) >= 11 is 0. The third kappa shape index (κ3) is 2.68. The van der Waals surface area contributed by atoms with E-state index in [1.54, 1.807) is 14.0 Å². The molecule has 2 N–H and O–H groups in total. The summed E-state index contributed by atoms with van der Waals surface area (Å²) in [4.78, 5) is 24.3. The first-order valence-corrected chi connectivity index (χ1v) is 9.54. The van der Waals surface area contributed by atoms with Gasteiger partial charge in [-0.1, -0.05) is 12.1 Å². The van der Waals surface area contributed by atoms with Crippen molar-refractivity contribution >= 4 is 11.9 Å². The molecular weight excluding hydrogens is 330 g/mol. The first-order valence-electron chi connectivity index (χ1n) is 9.54. The Morgan fingerprint density at radius 1 is 1.15 bits per heavy atom. The second-order valence-electron chi connectivity index (χ2n) is 8.78. The zero-order valence-electron chi connectivity index (χ0n) is 15.5. The van der Waals surface area contributed by atoms with Gasteiger partial charge in [0.15, 0.2) is 0 Å². The fourth-order valence-electron chi connectivity index (χ4n) is 6.22. The van der Waals surface area contributed by atoms with E-state index < -0.39 is 17.4 Å². The standard InChI is InChI=1S/C21H27NO4/c1-13(18(23)24)22-19(25)21-10-14-7-15(11-21)9-20(8-14,12-21)16-3-5-17(26-2)6-4-16/h3-6,13-15H,7-12H2,1-2H3,(H,22,25)(H,23,24)/t13-,14?,15?,20?,21?/m0/s1. The van der Waals surface area contributed by atoms with Crippen molar-refractivity contribution in [1.29, 1.82) is 0 Å². The topological polar surface area (TPSA) is 75.6 Å². The molecule has 0 saturated heterocycles. The Labute approximate surface area is 154 Å². The molecule has 4 aliphatic carbocycles. The summed E-state index contributed by atoms with van der Waals surface area (Å²) < 4.78 is 5.29. The number of rotatable bonds is 5. The van der Waals surface area contributed by atoms with E-state index in [0.29, 0.717) is 11.8 Å². The SMILES string of the molecule is COc1ccc(C23CC4CC(CC(C(=O)N[C@@H](C)C(=O)O)(C4)C2)C3)cc1. The number of carboxylic acids is 1. The van der Waals surface area contributed by atoms with Crippen molar-refractivity contribution in [3.05, 3.63) is 29.8 Å². The van der Waals surface area contributed by atoms with Crippen molar-refractivity contribution in [1.82, 2.24) is 5.32 Å². The number of ether oxygens (including phenoxy) is 1. The van der Waals surface area contributed by atoms with E-state index in [4.69, 9.17) is 9.84 Å². The molecular formula is C21H27NO4. The number of aliphatic carboxylic acids is 1. The number of hydrogen-bond acceptors (Lipinski definition) is 3. The molecule has 0 aliphatic heterocycles. The predicted molar refractivity (Wildman–Crippen MR) is 97.0 cm³/mol. The number of hydrogen-bond donors (Lipinski definition) is 2.